The summed E-state index contributed by atoms with van der Waals surface area (Å²) in [6, 6.07) is 4.94. The van der Waals surface area contributed by atoms with Crippen molar-refractivity contribution in [3.05, 3.63) is 53.8 Å². The lowest BCUT2D eigenvalue weighted by molar-refractivity contribution is -0.274. The van der Waals surface area contributed by atoms with Crippen LogP contribution in [-0.4, -0.2) is 12.4 Å². The van der Waals surface area contributed by atoms with E-state index in [1.54, 1.807) is 0 Å². The quantitative estimate of drug-likeness (QED) is 0.700. The Morgan fingerprint density at radius 3 is 1.92 bits per heavy atom. The number of benzene rings is 2. The van der Waals surface area contributed by atoms with Gasteiger partial charge >= 0.3 is 18.6 Å². The zero-order chi connectivity index (χ0) is 19.5. The fraction of sp³-hybridized carbons (Fsp3) is 0.133. The van der Waals surface area contributed by atoms with Crippen LogP contribution in [0.3, 0.4) is 0 Å². The lowest BCUT2D eigenvalue weighted by Crippen LogP contribution is -2.20. The highest BCUT2D eigenvalue weighted by Gasteiger charge is 2.34. The monoisotopic (exact) mass is 382 g/mol. The van der Waals surface area contributed by atoms with Crippen LogP contribution in [-0.2, 0) is 6.18 Å². The van der Waals surface area contributed by atoms with Crippen LogP contribution in [0.25, 0.3) is 0 Å². The van der Waals surface area contributed by atoms with Crippen LogP contribution in [0.1, 0.15) is 5.56 Å². The zero-order valence-corrected chi connectivity index (χ0v) is 12.5. The van der Waals surface area contributed by atoms with Crippen molar-refractivity contribution in [3.63, 3.8) is 0 Å². The minimum atomic E-state index is -4.94. The third-order valence-electron chi connectivity index (χ3n) is 2.88. The summed E-state index contributed by atoms with van der Waals surface area (Å²) in [6.07, 6.45) is -9.81. The Bertz CT molecular complexity index is 786. The predicted octanol–water partition coefficient (Wildman–Crippen LogP) is 5.39. The molecule has 0 unspecified atom stereocenters. The van der Waals surface area contributed by atoms with Crippen LogP contribution < -0.4 is 15.4 Å². The molecule has 2 amide bonds. The van der Waals surface area contributed by atoms with Crippen LogP contribution in [0.2, 0.25) is 0 Å². The van der Waals surface area contributed by atoms with E-state index in [0.717, 1.165) is 30.3 Å². The van der Waals surface area contributed by atoms with Gasteiger partial charge in [-0.25, -0.2) is 9.18 Å². The van der Waals surface area contributed by atoms with E-state index >= 15 is 0 Å². The lowest BCUT2D eigenvalue weighted by atomic mass is 10.2. The molecule has 0 atom stereocenters. The number of anilines is 2. The number of nitrogens with one attached hydrogen (secondary N) is 2. The second kappa shape index (κ2) is 7.10. The van der Waals surface area contributed by atoms with Gasteiger partial charge in [-0.1, -0.05) is 0 Å². The number of carbonyl (C=O) groups is 1. The molecule has 0 spiro atoms. The van der Waals surface area contributed by atoms with Gasteiger partial charge in [0.15, 0.2) is 0 Å². The Hall–Kier alpha value is -2.98. The van der Waals surface area contributed by atoms with E-state index in [-0.39, 0.29) is 11.4 Å². The van der Waals surface area contributed by atoms with Crippen molar-refractivity contribution >= 4 is 17.4 Å². The molecule has 140 valence electrons. The third kappa shape index (κ3) is 5.53. The van der Waals surface area contributed by atoms with E-state index < -0.39 is 35.7 Å². The fourth-order valence-electron chi connectivity index (χ4n) is 1.85. The average molecular weight is 382 g/mol. The van der Waals surface area contributed by atoms with Crippen molar-refractivity contribution < 1.29 is 40.3 Å². The summed E-state index contributed by atoms with van der Waals surface area (Å²) in [6.45, 7) is 0. The summed E-state index contributed by atoms with van der Waals surface area (Å²) in [5, 5.41) is 4.25. The van der Waals surface area contributed by atoms with Crippen LogP contribution in [0.15, 0.2) is 42.5 Å². The van der Waals surface area contributed by atoms with E-state index in [0.29, 0.717) is 12.1 Å². The van der Waals surface area contributed by atoms with Gasteiger partial charge in [0.2, 0.25) is 0 Å². The van der Waals surface area contributed by atoms with Crippen molar-refractivity contribution in [1.82, 2.24) is 0 Å². The molecule has 0 bridgehead atoms. The van der Waals surface area contributed by atoms with Crippen molar-refractivity contribution in [2.45, 2.75) is 12.5 Å². The Morgan fingerprint density at radius 1 is 0.846 bits per heavy atom. The molecule has 2 aromatic rings. The number of halogens is 7. The van der Waals surface area contributed by atoms with Gasteiger partial charge in [0.05, 0.1) is 5.56 Å². The van der Waals surface area contributed by atoms with E-state index in [9.17, 15) is 35.5 Å². The van der Waals surface area contributed by atoms with Crippen LogP contribution in [0.4, 0.5) is 46.9 Å². The van der Waals surface area contributed by atoms with Gasteiger partial charge in [0.25, 0.3) is 0 Å². The smallest absolute Gasteiger partial charge is 0.406 e. The van der Waals surface area contributed by atoms with E-state index in [2.05, 4.69) is 15.4 Å². The number of carbonyl (C=O) groups excluding carboxylic acids is 1. The maximum atomic E-state index is 13.2. The fourth-order valence-corrected chi connectivity index (χ4v) is 1.85. The standard InChI is InChI=1S/C15H9F7N2O2/c16-12-6-3-9(7-11(12)14(17,18)19)24-13(25)23-8-1-4-10(5-2-8)26-15(20,21)22/h1-7H,(H2,23,24,25). The number of ether oxygens (including phenoxy) is 1. The van der Waals surface area contributed by atoms with Gasteiger partial charge in [-0.05, 0) is 42.5 Å². The molecular formula is C15H9F7N2O2. The number of urea groups is 1. The van der Waals surface area contributed by atoms with E-state index in [1.807, 2.05) is 0 Å². The molecule has 0 aliphatic carbocycles. The van der Waals surface area contributed by atoms with Gasteiger partial charge in [0, 0.05) is 11.4 Å². The molecule has 11 heteroatoms. The second-order valence-electron chi connectivity index (χ2n) is 4.84. The van der Waals surface area contributed by atoms with E-state index in [4.69, 9.17) is 0 Å². The molecule has 0 saturated carbocycles. The van der Waals surface area contributed by atoms with Crippen LogP contribution in [0.5, 0.6) is 5.75 Å². The zero-order valence-electron chi connectivity index (χ0n) is 12.5. The lowest BCUT2D eigenvalue weighted by Gasteiger charge is -2.12. The van der Waals surface area contributed by atoms with Crippen molar-refractivity contribution in [2.75, 3.05) is 10.6 Å². The average Bonchev–Trinajstić information content (AvgIpc) is 2.48. The van der Waals surface area contributed by atoms with Gasteiger partial charge in [-0.3, -0.25) is 0 Å². The molecule has 0 saturated heterocycles. The van der Waals surface area contributed by atoms with Crippen molar-refractivity contribution in [1.29, 1.82) is 0 Å². The second-order valence-corrected chi connectivity index (χ2v) is 4.84. The summed E-state index contributed by atoms with van der Waals surface area (Å²) in [7, 11) is 0. The first-order valence-electron chi connectivity index (χ1n) is 6.74. The first-order valence-corrected chi connectivity index (χ1v) is 6.74. The molecule has 4 nitrogen and oxygen atoms in total. The molecule has 0 heterocycles. The molecule has 0 aliphatic rings. The summed E-state index contributed by atoms with van der Waals surface area (Å²) in [5.41, 5.74) is -1.83. The molecule has 0 fully saturated rings. The first kappa shape index (κ1) is 19.3. The topological polar surface area (TPSA) is 50.4 Å². The minimum absolute atomic E-state index is 0.0511. The molecule has 2 N–H and O–H groups in total. The highest BCUT2D eigenvalue weighted by molar-refractivity contribution is 5.99. The van der Waals surface area contributed by atoms with Crippen molar-refractivity contribution in [2.24, 2.45) is 0 Å². The van der Waals surface area contributed by atoms with Crippen molar-refractivity contribution in [3.8, 4) is 5.75 Å². The highest BCUT2D eigenvalue weighted by Crippen LogP contribution is 2.33. The molecule has 26 heavy (non-hydrogen) atoms. The SMILES string of the molecule is O=C(Nc1ccc(OC(F)(F)F)cc1)Nc1ccc(F)c(C(F)(F)F)c1. The van der Waals surface area contributed by atoms with Gasteiger partial charge < -0.3 is 15.4 Å². The maximum absolute atomic E-state index is 13.2. The predicted molar refractivity (Wildman–Crippen MR) is 77.2 cm³/mol. The van der Waals surface area contributed by atoms with Crippen LogP contribution >= 0.6 is 0 Å². The molecular weight excluding hydrogens is 373 g/mol. The number of amides is 2. The largest absolute Gasteiger partial charge is 0.573 e. The normalized spacial score (nSPS) is 11.8. The number of hydrogen-bond acceptors (Lipinski definition) is 2. The number of hydrogen-bond donors (Lipinski definition) is 2. The van der Waals surface area contributed by atoms with Crippen LogP contribution in [0, 0.1) is 5.82 Å². The minimum Gasteiger partial charge on any atom is -0.406 e. The number of rotatable bonds is 3. The summed E-state index contributed by atoms with van der Waals surface area (Å²) in [5.74, 6) is -2.01. The van der Waals surface area contributed by atoms with Gasteiger partial charge in [-0.15, -0.1) is 13.2 Å². The van der Waals surface area contributed by atoms with Gasteiger partial charge in [-0.2, -0.15) is 13.2 Å². The molecule has 0 aromatic heterocycles. The first-order chi connectivity index (χ1) is 11.9. The number of alkyl halides is 6. The molecule has 0 radical (unpaired) electrons. The highest BCUT2D eigenvalue weighted by atomic mass is 19.4. The Balaban J connectivity index is 2.03. The summed E-state index contributed by atoms with van der Waals surface area (Å²) >= 11 is 0. The molecule has 0 aliphatic heterocycles. The maximum Gasteiger partial charge on any atom is 0.573 e. The Morgan fingerprint density at radius 2 is 1.38 bits per heavy atom. The Labute approximate surface area is 141 Å². The third-order valence-corrected chi connectivity index (χ3v) is 2.88. The summed E-state index contributed by atoms with van der Waals surface area (Å²) < 4.78 is 90.7. The van der Waals surface area contributed by atoms with Gasteiger partial charge in [0.1, 0.15) is 11.6 Å². The van der Waals surface area contributed by atoms with E-state index in [1.165, 1.54) is 0 Å². The molecule has 2 rings (SSSR count). The Kier molecular flexibility index (Phi) is 5.28. The summed E-state index contributed by atoms with van der Waals surface area (Å²) in [4.78, 5) is 11.7. The molecule has 2 aromatic carbocycles.